The minimum absolute atomic E-state index is 0.799. The molecule has 0 amide bonds. The molecule has 0 radical (unpaired) electrons. The van der Waals surface area contributed by atoms with Crippen molar-refractivity contribution < 1.29 is 0 Å². The van der Waals surface area contributed by atoms with E-state index in [0.29, 0.717) is 0 Å². The molecule has 2 rings (SSSR count). The molecule has 0 spiro atoms. The third kappa shape index (κ3) is 1.54. The van der Waals surface area contributed by atoms with Gasteiger partial charge in [-0.15, -0.1) is 0 Å². The van der Waals surface area contributed by atoms with Crippen LogP contribution in [0.3, 0.4) is 0 Å². The number of fused-ring (bicyclic) bond motifs is 1. The highest BCUT2D eigenvalue weighted by Gasteiger charge is 2.26. The second-order valence-electron chi connectivity index (χ2n) is 4.17. The largest absolute Gasteiger partial charge is 0.304 e. The van der Waals surface area contributed by atoms with E-state index in [4.69, 9.17) is 0 Å². The van der Waals surface area contributed by atoms with Gasteiger partial charge in [0.15, 0.2) is 0 Å². The summed E-state index contributed by atoms with van der Waals surface area (Å²) in [5, 5.41) is 0. The maximum absolute atomic E-state index is 2.62. The highest BCUT2D eigenvalue weighted by Crippen LogP contribution is 2.19. The van der Waals surface area contributed by atoms with Gasteiger partial charge in [-0.1, -0.05) is 11.6 Å². The fourth-order valence-electron chi connectivity index (χ4n) is 2.20. The van der Waals surface area contributed by atoms with E-state index in [-0.39, 0.29) is 0 Å². The van der Waals surface area contributed by atoms with Crippen molar-refractivity contribution in [3.63, 3.8) is 0 Å². The highest BCUT2D eigenvalue weighted by molar-refractivity contribution is 5.08. The smallest absolute Gasteiger partial charge is 0.0261 e. The lowest BCUT2D eigenvalue weighted by atomic mass is 10.0. The first-order valence-electron chi connectivity index (χ1n) is 4.84. The van der Waals surface area contributed by atoms with Gasteiger partial charge < -0.3 is 4.90 Å². The van der Waals surface area contributed by atoms with Crippen molar-refractivity contribution in [3.8, 4) is 0 Å². The molecule has 0 saturated carbocycles. The van der Waals surface area contributed by atoms with Crippen molar-refractivity contribution in [2.75, 3.05) is 33.2 Å². The lowest BCUT2D eigenvalue weighted by molar-refractivity contribution is 0.0938. The number of likely N-dealkylation sites (N-methyl/N-ethyl adjacent to an activating group) is 1. The van der Waals surface area contributed by atoms with Crippen molar-refractivity contribution in [2.24, 2.45) is 0 Å². The summed E-state index contributed by atoms with van der Waals surface area (Å²) in [6.07, 6.45) is 3.66. The summed E-state index contributed by atoms with van der Waals surface area (Å²) in [7, 11) is 2.22. The lowest BCUT2D eigenvalue weighted by Crippen LogP contribution is -2.53. The van der Waals surface area contributed by atoms with Crippen LogP contribution in [0, 0.1) is 0 Å². The molecule has 1 fully saturated rings. The quantitative estimate of drug-likeness (QED) is 0.494. The monoisotopic (exact) mass is 166 g/mol. The van der Waals surface area contributed by atoms with Crippen LogP contribution in [0.15, 0.2) is 11.6 Å². The molecule has 2 aliphatic heterocycles. The molecular formula is C10H18N2. The Kier molecular flexibility index (Phi) is 2.20. The van der Waals surface area contributed by atoms with Crippen LogP contribution < -0.4 is 0 Å². The summed E-state index contributed by atoms with van der Waals surface area (Å²) in [5.41, 5.74) is 1.55. The first-order valence-corrected chi connectivity index (χ1v) is 4.84. The number of rotatable bonds is 0. The number of hydrogen-bond acceptors (Lipinski definition) is 2. The van der Waals surface area contributed by atoms with E-state index in [9.17, 15) is 0 Å². The normalized spacial score (nSPS) is 32.8. The Balaban J connectivity index is 2.02. The SMILES string of the molecule is CC1=CCC2CN(C)CCN2C1. The maximum Gasteiger partial charge on any atom is 0.0261 e. The topological polar surface area (TPSA) is 6.48 Å². The summed E-state index contributed by atoms with van der Waals surface area (Å²) in [5.74, 6) is 0. The average molecular weight is 166 g/mol. The second kappa shape index (κ2) is 3.19. The van der Waals surface area contributed by atoms with Crippen molar-refractivity contribution >= 4 is 0 Å². The van der Waals surface area contributed by atoms with Crippen LogP contribution in [0.1, 0.15) is 13.3 Å². The summed E-state index contributed by atoms with van der Waals surface area (Å²) in [6.45, 7) is 7.20. The molecule has 0 aliphatic carbocycles. The fourth-order valence-corrected chi connectivity index (χ4v) is 2.20. The molecule has 1 saturated heterocycles. The Morgan fingerprint density at radius 2 is 2.25 bits per heavy atom. The molecular weight excluding hydrogens is 148 g/mol. The van der Waals surface area contributed by atoms with Crippen LogP contribution in [-0.2, 0) is 0 Å². The summed E-state index contributed by atoms with van der Waals surface area (Å²) >= 11 is 0. The molecule has 68 valence electrons. The number of piperazine rings is 1. The van der Waals surface area contributed by atoms with Crippen LogP contribution in [0.25, 0.3) is 0 Å². The molecule has 12 heavy (non-hydrogen) atoms. The third-order valence-corrected chi connectivity index (χ3v) is 3.00. The molecule has 2 nitrogen and oxygen atoms in total. The summed E-state index contributed by atoms with van der Waals surface area (Å²) in [6, 6.07) is 0.799. The van der Waals surface area contributed by atoms with E-state index in [2.05, 4.69) is 29.8 Å². The van der Waals surface area contributed by atoms with Gasteiger partial charge >= 0.3 is 0 Å². The average Bonchev–Trinajstić information content (AvgIpc) is 2.05. The Labute approximate surface area is 74.8 Å². The number of nitrogens with zero attached hydrogens (tertiary/aromatic N) is 2. The summed E-state index contributed by atoms with van der Waals surface area (Å²) < 4.78 is 0. The zero-order valence-electron chi connectivity index (χ0n) is 8.08. The standard InChI is InChI=1S/C10H18N2/c1-9-3-4-10-8-11(2)5-6-12(10)7-9/h3,10H,4-8H2,1-2H3. The van der Waals surface area contributed by atoms with Gasteiger partial charge in [-0.25, -0.2) is 0 Å². The first-order chi connectivity index (χ1) is 5.75. The molecule has 0 aromatic carbocycles. The number of hydrogen-bond donors (Lipinski definition) is 0. The molecule has 1 unspecified atom stereocenters. The van der Waals surface area contributed by atoms with E-state index in [0.717, 1.165) is 6.04 Å². The Bertz CT molecular complexity index is 198. The molecule has 0 N–H and O–H groups in total. The van der Waals surface area contributed by atoms with E-state index >= 15 is 0 Å². The van der Waals surface area contributed by atoms with Crippen molar-refractivity contribution in [3.05, 3.63) is 11.6 Å². The summed E-state index contributed by atoms with van der Waals surface area (Å²) in [4.78, 5) is 5.06. The van der Waals surface area contributed by atoms with E-state index in [1.54, 1.807) is 5.57 Å². The van der Waals surface area contributed by atoms with Crippen molar-refractivity contribution in [2.45, 2.75) is 19.4 Å². The van der Waals surface area contributed by atoms with Gasteiger partial charge in [0.25, 0.3) is 0 Å². The van der Waals surface area contributed by atoms with Crippen LogP contribution in [0.4, 0.5) is 0 Å². The van der Waals surface area contributed by atoms with E-state index in [1.165, 1.54) is 32.6 Å². The van der Waals surface area contributed by atoms with Crippen LogP contribution >= 0.6 is 0 Å². The Hall–Kier alpha value is -0.340. The third-order valence-electron chi connectivity index (χ3n) is 3.00. The van der Waals surface area contributed by atoms with Gasteiger partial charge in [0.1, 0.15) is 0 Å². The molecule has 0 aromatic rings. The molecule has 2 aliphatic rings. The van der Waals surface area contributed by atoms with Crippen molar-refractivity contribution in [1.29, 1.82) is 0 Å². The molecule has 2 heteroatoms. The Morgan fingerprint density at radius 1 is 1.42 bits per heavy atom. The van der Waals surface area contributed by atoms with Gasteiger partial charge in [0, 0.05) is 32.2 Å². The molecule has 1 atom stereocenters. The highest BCUT2D eigenvalue weighted by atomic mass is 15.3. The molecule has 0 aromatic heterocycles. The van der Waals surface area contributed by atoms with E-state index < -0.39 is 0 Å². The minimum atomic E-state index is 0.799. The zero-order valence-corrected chi connectivity index (χ0v) is 8.08. The van der Waals surface area contributed by atoms with Crippen LogP contribution in [0.2, 0.25) is 0 Å². The van der Waals surface area contributed by atoms with Crippen LogP contribution in [0.5, 0.6) is 0 Å². The molecule has 0 bridgehead atoms. The van der Waals surface area contributed by atoms with Crippen LogP contribution in [-0.4, -0.2) is 49.1 Å². The van der Waals surface area contributed by atoms with E-state index in [1.807, 2.05) is 0 Å². The first kappa shape index (κ1) is 8.27. The predicted octanol–water partition coefficient (Wildman–Crippen LogP) is 0.952. The fraction of sp³-hybridized carbons (Fsp3) is 0.800. The molecule has 2 heterocycles. The maximum atomic E-state index is 2.62. The minimum Gasteiger partial charge on any atom is -0.304 e. The van der Waals surface area contributed by atoms with Gasteiger partial charge in [0.2, 0.25) is 0 Å². The zero-order chi connectivity index (χ0) is 8.55. The van der Waals surface area contributed by atoms with Gasteiger partial charge in [-0.05, 0) is 20.4 Å². The Morgan fingerprint density at radius 3 is 3.08 bits per heavy atom. The van der Waals surface area contributed by atoms with Gasteiger partial charge in [0.05, 0.1) is 0 Å². The lowest BCUT2D eigenvalue weighted by Gasteiger charge is -2.42. The van der Waals surface area contributed by atoms with Gasteiger partial charge in [-0.3, -0.25) is 4.90 Å². The van der Waals surface area contributed by atoms with Gasteiger partial charge in [-0.2, -0.15) is 0 Å². The second-order valence-corrected chi connectivity index (χ2v) is 4.17. The predicted molar refractivity (Wildman–Crippen MR) is 51.2 cm³/mol. The van der Waals surface area contributed by atoms with Crippen molar-refractivity contribution in [1.82, 2.24) is 9.80 Å².